The lowest BCUT2D eigenvalue weighted by Crippen LogP contribution is -2.60. The fraction of sp³-hybridized carbons (Fsp3) is 0.821. The molecule has 2 aliphatic carbocycles. The van der Waals surface area contributed by atoms with Gasteiger partial charge in [0.2, 0.25) is 23.3 Å². The van der Waals surface area contributed by atoms with E-state index in [-0.39, 0.29) is 41.7 Å². The second-order valence-electron chi connectivity index (χ2n) is 14.3. The summed E-state index contributed by atoms with van der Waals surface area (Å²) in [5, 5.41) is 17.8. The van der Waals surface area contributed by atoms with E-state index in [0.29, 0.717) is 20.3 Å². The summed E-state index contributed by atoms with van der Waals surface area (Å²) in [6.45, 7) is 10.5. The Morgan fingerprint density at radius 3 is 2.24 bits per heavy atom. The number of alkyl carbamates (subject to hydrolysis) is 1. The van der Waals surface area contributed by atoms with Gasteiger partial charge in [-0.2, -0.15) is 18.4 Å². The van der Waals surface area contributed by atoms with Gasteiger partial charge in [-0.25, -0.2) is 4.79 Å². The van der Waals surface area contributed by atoms with Crippen LogP contribution in [0.3, 0.4) is 0 Å². The van der Waals surface area contributed by atoms with E-state index in [9.17, 15) is 37.6 Å². The number of alkyl halides is 3. The number of hydrogen-bond acceptors (Lipinski definition) is 6. The Morgan fingerprint density at radius 1 is 1.15 bits per heavy atom. The third-order valence-electron chi connectivity index (χ3n) is 9.41. The summed E-state index contributed by atoms with van der Waals surface area (Å²) in [5.74, 6) is -1.88. The Morgan fingerprint density at radius 2 is 1.76 bits per heavy atom. The van der Waals surface area contributed by atoms with E-state index < -0.39 is 59.1 Å². The molecular formula is C28H40F3N5O5. The molecule has 1 spiro atoms. The molecule has 0 aromatic carbocycles. The molecule has 4 aliphatic rings. The van der Waals surface area contributed by atoms with Crippen molar-refractivity contribution in [1.82, 2.24) is 20.9 Å². The molecule has 2 saturated carbocycles. The SMILES string of the molecule is CC(C)(C)[C@H](NC(=O)OC(C)(C)C(F)(F)F)C(=O)N1C[C@H]2[C@@H]([C@H]1C(=O)N[C@H](C#N)C[C@@H]1CC3(CC3)NC1=O)C2(C)C. The van der Waals surface area contributed by atoms with Gasteiger partial charge in [-0.15, -0.1) is 0 Å². The predicted octanol–water partition coefficient (Wildman–Crippen LogP) is 3.02. The molecule has 3 N–H and O–H groups in total. The minimum absolute atomic E-state index is 0.00481. The molecule has 4 fully saturated rings. The number of likely N-dealkylation sites (tertiary alicyclic amines) is 1. The highest BCUT2D eigenvalue weighted by Gasteiger charge is 2.70. The van der Waals surface area contributed by atoms with E-state index in [4.69, 9.17) is 0 Å². The second kappa shape index (κ2) is 9.76. The highest BCUT2D eigenvalue weighted by molar-refractivity contribution is 5.93. The van der Waals surface area contributed by atoms with Crippen LogP contribution < -0.4 is 16.0 Å². The van der Waals surface area contributed by atoms with E-state index in [1.807, 2.05) is 13.8 Å². The van der Waals surface area contributed by atoms with Gasteiger partial charge in [0.15, 0.2) is 0 Å². The van der Waals surface area contributed by atoms with Crippen molar-refractivity contribution in [3.63, 3.8) is 0 Å². The molecule has 4 rings (SSSR count). The molecule has 0 radical (unpaired) electrons. The first-order valence-electron chi connectivity index (χ1n) is 14.0. The minimum atomic E-state index is -4.83. The van der Waals surface area contributed by atoms with Gasteiger partial charge in [0.1, 0.15) is 18.1 Å². The highest BCUT2D eigenvalue weighted by Crippen LogP contribution is 2.65. The molecule has 10 nitrogen and oxygen atoms in total. The van der Waals surface area contributed by atoms with Crippen molar-refractivity contribution < 1.29 is 37.1 Å². The zero-order valence-electron chi connectivity index (χ0n) is 24.6. The Hall–Kier alpha value is -3.04. The Balaban J connectivity index is 1.49. The van der Waals surface area contributed by atoms with Crippen LogP contribution in [0.5, 0.6) is 0 Å². The molecule has 6 atom stereocenters. The van der Waals surface area contributed by atoms with Crippen LogP contribution in [0.15, 0.2) is 0 Å². The van der Waals surface area contributed by atoms with Gasteiger partial charge in [-0.1, -0.05) is 34.6 Å². The molecule has 0 aromatic rings. The lowest BCUT2D eigenvalue weighted by molar-refractivity contribution is -0.244. The smallest absolute Gasteiger partial charge is 0.427 e. The van der Waals surface area contributed by atoms with E-state index in [2.05, 4.69) is 26.8 Å². The summed E-state index contributed by atoms with van der Waals surface area (Å²) in [6.07, 6.45) is -3.65. The normalized spacial score (nSPS) is 29.1. The topological polar surface area (TPSA) is 141 Å². The van der Waals surface area contributed by atoms with Gasteiger partial charge < -0.3 is 25.6 Å². The third kappa shape index (κ3) is 5.84. The predicted molar refractivity (Wildman–Crippen MR) is 140 cm³/mol. The lowest BCUT2D eigenvalue weighted by atomic mass is 9.85. The van der Waals surface area contributed by atoms with Crippen molar-refractivity contribution in [2.24, 2.45) is 28.6 Å². The summed E-state index contributed by atoms with van der Waals surface area (Å²) >= 11 is 0. The summed E-state index contributed by atoms with van der Waals surface area (Å²) in [7, 11) is 0. The standard InChI is InChI=1S/C28H40F3N5O5/c1-24(2,3)19(34-23(40)41-26(6,7)28(29,30)31)22(39)36-13-16-17(25(16,4)5)18(36)21(38)33-15(12-32)10-14-11-27(8-9-27)35-20(14)37/h14-19H,8-11,13H2,1-7H3,(H,33,38)(H,34,40)(H,35,37)/t14-,15+,16+,17+,18+,19-/m1/s1. The first kappa shape index (κ1) is 30.9. The summed E-state index contributed by atoms with van der Waals surface area (Å²) in [6, 6.07) is -1.11. The fourth-order valence-electron chi connectivity index (χ4n) is 6.40. The number of amides is 4. The van der Waals surface area contributed by atoms with Crippen molar-refractivity contribution in [2.45, 2.75) is 110 Å². The van der Waals surface area contributed by atoms with Crippen LogP contribution in [-0.4, -0.2) is 70.7 Å². The van der Waals surface area contributed by atoms with Gasteiger partial charge in [0.05, 0.1) is 6.07 Å². The lowest BCUT2D eigenvalue weighted by Gasteiger charge is -2.38. The van der Waals surface area contributed by atoms with Gasteiger partial charge in [0.25, 0.3) is 0 Å². The zero-order valence-corrected chi connectivity index (χ0v) is 24.6. The number of fused-ring (bicyclic) bond motifs is 1. The number of carbonyl (C=O) groups excluding carboxylic acids is 4. The third-order valence-corrected chi connectivity index (χ3v) is 9.41. The second-order valence-corrected chi connectivity index (χ2v) is 14.3. The van der Waals surface area contributed by atoms with Crippen molar-refractivity contribution in [1.29, 1.82) is 5.26 Å². The number of nitriles is 1. The summed E-state index contributed by atoms with van der Waals surface area (Å²) in [5.41, 5.74) is -4.14. The van der Waals surface area contributed by atoms with E-state index in [1.54, 1.807) is 20.8 Å². The van der Waals surface area contributed by atoms with E-state index in [0.717, 1.165) is 12.8 Å². The largest absolute Gasteiger partial charge is 0.434 e. The number of halogens is 3. The Labute approximate surface area is 238 Å². The number of hydrogen-bond donors (Lipinski definition) is 3. The van der Waals surface area contributed by atoms with Gasteiger partial charge in [-0.05, 0) is 62.2 Å². The minimum Gasteiger partial charge on any atom is -0.434 e. The zero-order chi connectivity index (χ0) is 30.9. The monoisotopic (exact) mass is 583 g/mol. The molecule has 0 unspecified atom stereocenters. The van der Waals surface area contributed by atoms with Crippen LogP contribution in [0.1, 0.15) is 74.1 Å². The molecular weight excluding hydrogens is 543 g/mol. The maximum absolute atomic E-state index is 13.9. The number of ether oxygens (including phenoxy) is 1. The molecule has 2 aliphatic heterocycles. The Bertz CT molecular complexity index is 1170. The van der Waals surface area contributed by atoms with E-state index >= 15 is 0 Å². The molecule has 0 bridgehead atoms. The van der Waals surface area contributed by atoms with Crippen LogP contribution in [0, 0.1) is 39.9 Å². The van der Waals surface area contributed by atoms with Gasteiger partial charge in [0, 0.05) is 18.0 Å². The van der Waals surface area contributed by atoms with Gasteiger partial charge in [-0.3, -0.25) is 14.4 Å². The van der Waals surface area contributed by atoms with Crippen LogP contribution in [-0.2, 0) is 19.1 Å². The fourth-order valence-corrected chi connectivity index (χ4v) is 6.40. The van der Waals surface area contributed by atoms with Crippen LogP contribution in [0.2, 0.25) is 0 Å². The maximum Gasteiger partial charge on any atom is 0.427 e. The molecule has 0 aromatic heterocycles. The quantitative estimate of drug-likeness (QED) is 0.421. The summed E-state index contributed by atoms with van der Waals surface area (Å²) < 4.78 is 44.5. The average Bonchev–Trinajstić information content (AvgIpc) is 3.54. The molecule has 13 heteroatoms. The average molecular weight is 584 g/mol. The molecule has 2 heterocycles. The molecule has 2 saturated heterocycles. The highest BCUT2D eigenvalue weighted by atomic mass is 19.4. The maximum atomic E-state index is 13.9. The number of rotatable bonds is 7. The van der Waals surface area contributed by atoms with Crippen molar-refractivity contribution >= 4 is 23.8 Å². The van der Waals surface area contributed by atoms with Crippen molar-refractivity contribution in [3.05, 3.63) is 0 Å². The molecule has 4 amide bonds. The van der Waals surface area contributed by atoms with E-state index in [1.165, 1.54) is 4.90 Å². The molecule has 228 valence electrons. The van der Waals surface area contributed by atoms with Gasteiger partial charge >= 0.3 is 12.3 Å². The van der Waals surface area contributed by atoms with Crippen LogP contribution in [0.25, 0.3) is 0 Å². The summed E-state index contributed by atoms with van der Waals surface area (Å²) in [4.78, 5) is 53.8. The number of nitrogens with one attached hydrogen (secondary N) is 3. The first-order chi connectivity index (χ1) is 18.6. The van der Waals surface area contributed by atoms with Crippen LogP contribution in [0.4, 0.5) is 18.0 Å². The number of carbonyl (C=O) groups is 4. The number of nitrogens with zero attached hydrogens (tertiary/aromatic N) is 2. The molecule has 41 heavy (non-hydrogen) atoms. The van der Waals surface area contributed by atoms with Crippen LogP contribution >= 0.6 is 0 Å². The van der Waals surface area contributed by atoms with Crippen molar-refractivity contribution in [2.75, 3.05) is 6.54 Å². The number of piperidine rings is 1. The van der Waals surface area contributed by atoms with Crippen molar-refractivity contribution in [3.8, 4) is 6.07 Å². The Kier molecular flexibility index (Phi) is 7.36. The first-order valence-corrected chi connectivity index (χ1v) is 14.0.